The highest BCUT2D eigenvalue weighted by Crippen LogP contribution is 2.11. The average molecular weight is 428 g/mol. The number of carbonyl (C=O) groups is 1. The van der Waals surface area contributed by atoms with Crippen LogP contribution in [0.15, 0.2) is 64.2 Å². The Hall–Kier alpha value is -3.23. The number of para-hydroxylation sites is 1. The van der Waals surface area contributed by atoms with E-state index in [1.54, 1.807) is 54.6 Å². The van der Waals surface area contributed by atoms with Crippen molar-refractivity contribution in [1.82, 2.24) is 24.6 Å². The number of likely N-dealkylation sites (N-methyl/N-ethyl adjacent to an activating group) is 1. The third kappa shape index (κ3) is 5.03. The number of nitrogens with one attached hydrogen (secondary N) is 1. The predicted octanol–water partition coefficient (Wildman–Crippen LogP) is 1.39. The molecule has 0 spiro atoms. The first-order valence-corrected chi connectivity index (χ1v) is 9.71. The Kier molecular flexibility index (Phi) is 6.81. The molecule has 0 saturated heterocycles. The minimum absolute atomic E-state index is 0.0362. The summed E-state index contributed by atoms with van der Waals surface area (Å²) in [6, 6.07) is 15.5. The second-order valence-electron chi connectivity index (χ2n) is 6.96. The molecule has 0 bridgehead atoms. The van der Waals surface area contributed by atoms with Gasteiger partial charge in [0.25, 0.3) is 11.5 Å². The van der Waals surface area contributed by atoms with Crippen LogP contribution in [0.25, 0.3) is 5.69 Å². The van der Waals surface area contributed by atoms with E-state index in [1.165, 1.54) is 0 Å². The Morgan fingerprint density at radius 3 is 2.50 bits per heavy atom. The minimum Gasteiger partial charge on any atom is -0.349 e. The molecule has 9 heteroatoms. The summed E-state index contributed by atoms with van der Waals surface area (Å²) in [5.74, 6) is -0.633. The van der Waals surface area contributed by atoms with Gasteiger partial charge in [0.1, 0.15) is 0 Å². The van der Waals surface area contributed by atoms with Crippen LogP contribution in [0.2, 0.25) is 5.02 Å². The molecule has 0 fully saturated rings. The van der Waals surface area contributed by atoms with Crippen molar-refractivity contribution in [1.29, 1.82) is 0 Å². The molecule has 3 rings (SSSR count). The smallest absolute Gasteiger partial charge is 0.349 e. The molecule has 8 nitrogen and oxygen atoms in total. The third-order valence-electron chi connectivity index (χ3n) is 4.35. The van der Waals surface area contributed by atoms with E-state index < -0.39 is 17.2 Å². The van der Waals surface area contributed by atoms with Crippen molar-refractivity contribution in [3.05, 3.63) is 91.7 Å². The lowest BCUT2D eigenvalue weighted by Crippen LogP contribution is -2.46. The van der Waals surface area contributed by atoms with Gasteiger partial charge in [0.15, 0.2) is 0 Å². The fourth-order valence-corrected chi connectivity index (χ4v) is 3.04. The lowest BCUT2D eigenvalue weighted by molar-refractivity contribution is 0.0941. The van der Waals surface area contributed by atoms with E-state index in [2.05, 4.69) is 10.4 Å². The molecule has 1 heterocycles. The van der Waals surface area contributed by atoms with Gasteiger partial charge in [-0.05, 0) is 43.9 Å². The normalized spacial score (nSPS) is 10.9. The molecule has 1 aromatic heterocycles. The van der Waals surface area contributed by atoms with Crippen molar-refractivity contribution < 1.29 is 4.79 Å². The lowest BCUT2D eigenvalue weighted by Gasteiger charge is -2.13. The monoisotopic (exact) mass is 427 g/mol. The van der Waals surface area contributed by atoms with E-state index in [9.17, 15) is 14.4 Å². The molecule has 0 unspecified atom stereocenters. The number of hydrogen-bond acceptors (Lipinski definition) is 5. The number of benzene rings is 2. The Morgan fingerprint density at radius 2 is 1.83 bits per heavy atom. The van der Waals surface area contributed by atoms with E-state index >= 15 is 0 Å². The molecule has 0 saturated carbocycles. The summed E-state index contributed by atoms with van der Waals surface area (Å²) in [6.07, 6.45) is 0. The molecule has 1 N–H and O–H groups in total. The van der Waals surface area contributed by atoms with Gasteiger partial charge in [0.2, 0.25) is 5.69 Å². The van der Waals surface area contributed by atoms with Gasteiger partial charge in [-0.3, -0.25) is 14.2 Å². The largest absolute Gasteiger partial charge is 0.352 e. The first-order chi connectivity index (χ1) is 14.4. The molecule has 156 valence electrons. The van der Waals surface area contributed by atoms with E-state index in [-0.39, 0.29) is 12.2 Å². The number of aromatic nitrogens is 3. The standard InChI is InChI=1S/C21H22ClN5O3/c1-25(2)12-11-23-19(28)18-20(29)26(14-15-7-6-8-16(22)13-15)21(30)27(24-18)17-9-4-3-5-10-17/h3-10,13H,11-12,14H2,1-2H3,(H,23,28). The average Bonchev–Trinajstić information content (AvgIpc) is 2.71. The van der Waals surface area contributed by atoms with E-state index in [0.717, 1.165) is 9.25 Å². The highest BCUT2D eigenvalue weighted by atomic mass is 35.5. The summed E-state index contributed by atoms with van der Waals surface area (Å²) in [6.45, 7) is 0.901. The Morgan fingerprint density at radius 1 is 1.10 bits per heavy atom. The van der Waals surface area contributed by atoms with Crippen LogP contribution in [-0.4, -0.2) is 52.3 Å². The molecule has 0 aliphatic rings. The van der Waals surface area contributed by atoms with Crippen LogP contribution < -0.4 is 16.6 Å². The number of amides is 1. The van der Waals surface area contributed by atoms with Gasteiger partial charge in [-0.25, -0.2) is 4.79 Å². The zero-order valence-electron chi connectivity index (χ0n) is 16.7. The van der Waals surface area contributed by atoms with Crippen LogP contribution in [-0.2, 0) is 6.54 Å². The molecule has 0 atom stereocenters. The maximum absolute atomic E-state index is 13.0. The van der Waals surface area contributed by atoms with Gasteiger partial charge in [-0.15, -0.1) is 0 Å². The van der Waals surface area contributed by atoms with Crippen molar-refractivity contribution in [2.75, 3.05) is 27.2 Å². The zero-order valence-corrected chi connectivity index (χ0v) is 17.5. The maximum atomic E-state index is 13.0. The molecule has 0 aliphatic heterocycles. The maximum Gasteiger partial charge on any atom is 0.352 e. The van der Waals surface area contributed by atoms with Crippen molar-refractivity contribution in [3.8, 4) is 5.69 Å². The van der Waals surface area contributed by atoms with Gasteiger partial charge in [0, 0.05) is 18.1 Å². The Balaban J connectivity index is 2.09. The van der Waals surface area contributed by atoms with Gasteiger partial charge in [-0.2, -0.15) is 9.78 Å². The Labute approximate surface area is 178 Å². The first kappa shape index (κ1) is 21.5. The molecular weight excluding hydrogens is 406 g/mol. The van der Waals surface area contributed by atoms with E-state index in [1.807, 2.05) is 19.0 Å². The number of rotatable bonds is 7. The van der Waals surface area contributed by atoms with Gasteiger partial charge < -0.3 is 10.2 Å². The van der Waals surface area contributed by atoms with Crippen molar-refractivity contribution in [2.24, 2.45) is 0 Å². The lowest BCUT2D eigenvalue weighted by atomic mass is 10.2. The van der Waals surface area contributed by atoms with Crippen LogP contribution in [0.3, 0.4) is 0 Å². The van der Waals surface area contributed by atoms with Crippen molar-refractivity contribution >= 4 is 17.5 Å². The molecule has 2 aromatic carbocycles. The summed E-state index contributed by atoms with van der Waals surface area (Å²) in [4.78, 5) is 40.6. The molecule has 30 heavy (non-hydrogen) atoms. The zero-order chi connectivity index (χ0) is 21.7. The molecule has 3 aromatic rings. The summed E-state index contributed by atoms with van der Waals surface area (Å²) in [5.41, 5.74) is -0.638. The second-order valence-corrected chi connectivity index (χ2v) is 7.40. The Bertz CT molecular complexity index is 1160. The third-order valence-corrected chi connectivity index (χ3v) is 4.59. The first-order valence-electron chi connectivity index (χ1n) is 9.34. The fourth-order valence-electron chi connectivity index (χ4n) is 2.83. The highest BCUT2D eigenvalue weighted by molar-refractivity contribution is 6.30. The van der Waals surface area contributed by atoms with Crippen LogP contribution in [0, 0.1) is 0 Å². The number of hydrogen-bond donors (Lipinski definition) is 1. The fraction of sp³-hybridized carbons (Fsp3) is 0.238. The molecular formula is C21H22ClN5O3. The van der Waals surface area contributed by atoms with Crippen LogP contribution in [0.5, 0.6) is 0 Å². The van der Waals surface area contributed by atoms with E-state index in [4.69, 9.17) is 11.6 Å². The van der Waals surface area contributed by atoms with Crippen LogP contribution in [0.1, 0.15) is 16.1 Å². The summed E-state index contributed by atoms with van der Waals surface area (Å²) >= 11 is 6.03. The van der Waals surface area contributed by atoms with Crippen LogP contribution in [0.4, 0.5) is 0 Å². The van der Waals surface area contributed by atoms with Crippen molar-refractivity contribution in [2.45, 2.75) is 6.54 Å². The summed E-state index contributed by atoms with van der Waals surface area (Å²) < 4.78 is 2.05. The summed E-state index contributed by atoms with van der Waals surface area (Å²) in [7, 11) is 3.75. The van der Waals surface area contributed by atoms with E-state index in [0.29, 0.717) is 29.4 Å². The quantitative estimate of drug-likeness (QED) is 0.615. The van der Waals surface area contributed by atoms with Gasteiger partial charge in [0.05, 0.1) is 12.2 Å². The number of carbonyl (C=O) groups excluding carboxylic acids is 1. The minimum atomic E-state index is -0.755. The van der Waals surface area contributed by atoms with Gasteiger partial charge >= 0.3 is 5.69 Å². The predicted molar refractivity (Wildman–Crippen MR) is 116 cm³/mol. The number of nitrogens with zero attached hydrogens (tertiary/aromatic N) is 4. The highest BCUT2D eigenvalue weighted by Gasteiger charge is 2.20. The molecule has 1 amide bonds. The second kappa shape index (κ2) is 9.51. The van der Waals surface area contributed by atoms with Crippen LogP contribution >= 0.6 is 11.6 Å². The van der Waals surface area contributed by atoms with Crippen molar-refractivity contribution in [3.63, 3.8) is 0 Å². The number of halogens is 1. The molecule has 0 radical (unpaired) electrons. The SMILES string of the molecule is CN(C)CCNC(=O)c1nn(-c2ccccc2)c(=O)n(Cc2cccc(Cl)c2)c1=O. The molecule has 0 aliphatic carbocycles. The van der Waals surface area contributed by atoms with Gasteiger partial charge in [-0.1, -0.05) is 41.9 Å². The topological polar surface area (TPSA) is 89.2 Å². The summed E-state index contributed by atoms with van der Waals surface area (Å²) in [5, 5.41) is 7.24.